The molecule has 48 valence electrons. The molecule has 0 saturated heterocycles. The third kappa shape index (κ3) is 1.72. The lowest BCUT2D eigenvalue weighted by Crippen LogP contribution is -2.00. The van der Waals surface area contributed by atoms with Gasteiger partial charge in [-0.2, -0.15) is 5.10 Å². The number of rotatable bonds is 1. The lowest BCUT2D eigenvalue weighted by Gasteiger charge is -2.03. The van der Waals surface area contributed by atoms with Gasteiger partial charge in [0, 0.05) is 12.1 Å². The second-order valence-electron chi connectivity index (χ2n) is 2.01. The second-order valence-corrected chi connectivity index (χ2v) is 2.01. The van der Waals surface area contributed by atoms with E-state index in [4.69, 9.17) is 5.84 Å². The molecule has 1 aliphatic rings. The van der Waals surface area contributed by atoms with Gasteiger partial charge in [-0.1, -0.05) is 24.3 Å². The van der Waals surface area contributed by atoms with Crippen molar-refractivity contribution in [1.29, 1.82) is 0 Å². The molecule has 2 heteroatoms. The van der Waals surface area contributed by atoms with Crippen LogP contribution in [-0.4, -0.2) is 6.21 Å². The minimum absolute atomic E-state index is 0.417. The monoisotopic (exact) mass is 122 g/mol. The Balaban J connectivity index is 2.46. The molecule has 0 bridgehead atoms. The van der Waals surface area contributed by atoms with Crippen molar-refractivity contribution in [1.82, 2.24) is 0 Å². The molecule has 0 radical (unpaired) electrons. The molecule has 0 aromatic rings. The summed E-state index contributed by atoms with van der Waals surface area (Å²) < 4.78 is 0. The van der Waals surface area contributed by atoms with Gasteiger partial charge in [0.1, 0.15) is 0 Å². The molecule has 2 nitrogen and oxygen atoms in total. The Morgan fingerprint density at radius 1 is 1.56 bits per heavy atom. The predicted octanol–water partition coefficient (Wildman–Crippen LogP) is 1.06. The molecule has 1 atom stereocenters. The summed E-state index contributed by atoms with van der Waals surface area (Å²) in [5.74, 6) is 5.39. The van der Waals surface area contributed by atoms with E-state index < -0.39 is 0 Å². The van der Waals surface area contributed by atoms with E-state index >= 15 is 0 Å². The first-order valence-electron chi connectivity index (χ1n) is 3.00. The van der Waals surface area contributed by atoms with Crippen molar-refractivity contribution in [2.45, 2.75) is 6.42 Å². The quantitative estimate of drug-likeness (QED) is 0.315. The van der Waals surface area contributed by atoms with E-state index in [1.807, 2.05) is 12.2 Å². The van der Waals surface area contributed by atoms with Crippen LogP contribution in [0.1, 0.15) is 6.42 Å². The number of hydrogen-bond acceptors (Lipinski definition) is 2. The van der Waals surface area contributed by atoms with Crippen molar-refractivity contribution in [2.75, 3.05) is 0 Å². The minimum Gasteiger partial charge on any atom is -0.324 e. The standard InChI is InChI=1S/C7H10N2/c8-9-6-7-4-2-1-3-5-7/h1-4,6-7H,5,8H2/b9-6-. The molecule has 1 rings (SSSR count). The van der Waals surface area contributed by atoms with E-state index in [1.165, 1.54) is 0 Å². The molecule has 0 heterocycles. The first-order chi connectivity index (χ1) is 4.43. The van der Waals surface area contributed by atoms with Crippen LogP contribution >= 0.6 is 0 Å². The van der Waals surface area contributed by atoms with Crippen molar-refractivity contribution in [3.8, 4) is 0 Å². The van der Waals surface area contributed by atoms with Gasteiger partial charge in [-0.3, -0.25) is 0 Å². The molecule has 0 aliphatic heterocycles. The fraction of sp³-hybridized carbons (Fsp3) is 0.286. The maximum atomic E-state index is 4.97. The molecule has 1 unspecified atom stereocenters. The summed E-state index contributed by atoms with van der Waals surface area (Å²) in [4.78, 5) is 0. The molecule has 0 fully saturated rings. The van der Waals surface area contributed by atoms with Crippen LogP contribution in [0.4, 0.5) is 0 Å². The van der Waals surface area contributed by atoms with Crippen molar-refractivity contribution in [3.05, 3.63) is 24.3 Å². The van der Waals surface area contributed by atoms with Gasteiger partial charge in [0.05, 0.1) is 0 Å². The van der Waals surface area contributed by atoms with Gasteiger partial charge in [-0.15, -0.1) is 0 Å². The first kappa shape index (κ1) is 6.08. The fourth-order valence-electron chi connectivity index (χ4n) is 0.821. The van der Waals surface area contributed by atoms with E-state index in [2.05, 4.69) is 17.3 Å². The summed E-state index contributed by atoms with van der Waals surface area (Å²) in [6.07, 6.45) is 11.0. The van der Waals surface area contributed by atoms with Crippen molar-refractivity contribution >= 4 is 6.21 Å². The average Bonchev–Trinajstić information content (AvgIpc) is 1.91. The molecule has 2 N–H and O–H groups in total. The van der Waals surface area contributed by atoms with Gasteiger partial charge in [0.2, 0.25) is 0 Å². The molecule has 9 heavy (non-hydrogen) atoms. The summed E-state index contributed by atoms with van der Waals surface area (Å²) in [7, 11) is 0. The molecule has 1 aliphatic carbocycles. The largest absolute Gasteiger partial charge is 0.324 e. The Kier molecular flexibility index (Phi) is 2.07. The molecule has 0 aromatic heterocycles. The van der Waals surface area contributed by atoms with Crippen LogP contribution < -0.4 is 5.84 Å². The second kappa shape index (κ2) is 3.07. The van der Waals surface area contributed by atoms with E-state index in [0.717, 1.165) is 6.42 Å². The number of nitrogens with zero attached hydrogens (tertiary/aromatic N) is 1. The summed E-state index contributed by atoms with van der Waals surface area (Å²) >= 11 is 0. The van der Waals surface area contributed by atoms with Crippen molar-refractivity contribution < 1.29 is 0 Å². The van der Waals surface area contributed by atoms with Crippen LogP contribution in [0.15, 0.2) is 29.4 Å². The number of allylic oxidation sites excluding steroid dienone is 4. The highest BCUT2D eigenvalue weighted by molar-refractivity contribution is 5.63. The first-order valence-corrected chi connectivity index (χ1v) is 3.00. The maximum absolute atomic E-state index is 4.97. The van der Waals surface area contributed by atoms with Gasteiger partial charge < -0.3 is 5.84 Å². The zero-order valence-corrected chi connectivity index (χ0v) is 5.20. The van der Waals surface area contributed by atoms with Crippen LogP contribution in [0.25, 0.3) is 0 Å². The summed E-state index contributed by atoms with van der Waals surface area (Å²) in [5, 5.41) is 3.45. The Labute approximate surface area is 54.7 Å². The third-order valence-electron chi connectivity index (χ3n) is 1.29. The van der Waals surface area contributed by atoms with Crippen LogP contribution in [0.5, 0.6) is 0 Å². The van der Waals surface area contributed by atoms with Crippen molar-refractivity contribution in [3.63, 3.8) is 0 Å². The molecular formula is C7H10N2. The SMILES string of the molecule is N/N=C\C1C=CC=CC1. The molecule has 0 saturated carbocycles. The van der Waals surface area contributed by atoms with Crippen molar-refractivity contribution in [2.24, 2.45) is 16.9 Å². The van der Waals surface area contributed by atoms with Crippen LogP contribution in [0, 0.1) is 5.92 Å². The van der Waals surface area contributed by atoms with Gasteiger partial charge in [-0.25, -0.2) is 0 Å². The molecular weight excluding hydrogens is 112 g/mol. The smallest absolute Gasteiger partial charge is 0.0312 e. The minimum atomic E-state index is 0.417. The van der Waals surface area contributed by atoms with Gasteiger partial charge >= 0.3 is 0 Å². The summed E-state index contributed by atoms with van der Waals surface area (Å²) in [6, 6.07) is 0. The topological polar surface area (TPSA) is 38.4 Å². The number of nitrogens with two attached hydrogens (primary N) is 1. The Morgan fingerprint density at radius 3 is 3.00 bits per heavy atom. The Bertz CT molecular complexity index is 156. The molecule has 0 amide bonds. The Morgan fingerprint density at radius 2 is 2.44 bits per heavy atom. The molecule has 0 spiro atoms. The van der Waals surface area contributed by atoms with Gasteiger partial charge in [-0.05, 0) is 6.42 Å². The van der Waals surface area contributed by atoms with Crippen LogP contribution in [0.3, 0.4) is 0 Å². The van der Waals surface area contributed by atoms with E-state index in [9.17, 15) is 0 Å². The highest BCUT2D eigenvalue weighted by atomic mass is 15.1. The number of hydrazone groups is 1. The van der Waals surface area contributed by atoms with E-state index in [1.54, 1.807) is 6.21 Å². The van der Waals surface area contributed by atoms with Gasteiger partial charge in [0.25, 0.3) is 0 Å². The zero-order chi connectivity index (χ0) is 6.53. The van der Waals surface area contributed by atoms with E-state index in [-0.39, 0.29) is 0 Å². The zero-order valence-electron chi connectivity index (χ0n) is 5.20. The third-order valence-corrected chi connectivity index (χ3v) is 1.29. The fourth-order valence-corrected chi connectivity index (χ4v) is 0.821. The highest BCUT2D eigenvalue weighted by Gasteiger charge is 1.98. The van der Waals surface area contributed by atoms with Crippen LogP contribution in [0.2, 0.25) is 0 Å². The lowest BCUT2D eigenvalue weighted by molar-refractivity contribution is 0.882. The lowest BCUT2D eigenvalue weighted by atomic mass is 10.0. The normalized spacial score (nSPS) is 25.6. The maximum Gasteiger partial charge on any atom is 0.0312 e. The highest BCUT2D eigenvalue weighted by Crippen LogP contribution is 2.07. The summed E-state index contributed by atoms with van der Waals surface area (Å²) in [5.41, 5.74) is 0. The van der Waals surface area contributed by atoms with E-state index in [0.29, 0.717) is 5.92 Å². The molecule has 0 aromatic carbocycles. The number of hydrogen-bond donors (Lipinski definition) is 1. The predicted molar refractivity (Wildman–Crippen MR) is 39.1 cm³/mol. The average molecular weight is 122 g/mol. The summed E-state index contributed by atoms with van der Waals surface area (Å²) in [6.45, 7) is 0. The Hall–Kier alpha value is -1.05. The van der Waals surface area contributed by atoms with Gasteiger partial charge in [0.15, 0.2) is 0 Å². The van der Waals surface area contributed by atoms with Crippen LogP contribution in [-0.2, 0) is 0 Å².